The molecule has 0 N–H and O–H groups in total. The van der Waals surface area contributed by atoms with Gasteiger partial charge in [0.25, 0.3) is 0 Å². The molecule has 0 atom stereocenters. The number of hydrogen-bond acceptors (Lipinski definition) is 1. The van der Waals surface area contributed by atoms with Crippen molar-refractivity contribution >= 4 is 0 Å². The molecule has 0 saturated heterocycles. The van der Waals surface area contributed by atoms with E-state index in [0.717, 1.165) is 24.2 Å². The van der Waals surface area contributed by atoms with Crippen molar-refractivity contribution in [2.45, 2.75) is 84.0 Å². The number of benzene rings is 1. The number of hydrogen-bond donors (Lipinski definition) is 0. The molecule has 0 bridgehead atoms. The Morgan fingerprint density at radius 2 is 1.64 bits per heavy atom. The summed E-state index contributed by atoms with van der Waals surface area (Å²) in [5, 5.41) is 0. The zero-order chi connectivity index (χ0) is 19.6. The van der Waals surface area contributed by atoms with Crippen LogP contribution in [-0.2, 0) is 0 Å². The van der Waals surface area contributed by atoms with Gasteiger partial charge in [0.15, 0.2) is 0 Å². The van der Waals surface area contributed by atoms with Crippen molar-refractivity contribution < 1.29 is 4.74 Å². The van der Waals surface area contributed by atoms with Gasteiger partial charge in [0.05, 0.1) is 6.61 Å². The van der Waals surface area contributed by atoms with Gasteiger partial charge in [-0.3, -0.25) is 0 Å². The molecule has 2 aliphatic rings. The van der Waals surface area contributed by atoms with Crippen LogP contribution >= 0.6 is 0 Å². The molecule has 2 aliphatic carbocycles. The van der Waals surface area contributed by atoms with Gasteiger partial charge in [0.1, 0.15) is 5.75 Å². The summed E-state index contributed by atoms with van der Waals surface area (Å²) in [4.78, 5) is 0. The molecule has 152 valence electrons. The normalized spacial score (nSPS) is 27.9. The van der Waals surface area contributed by atoms with E-state index in [0.29, 0.717) is 11.8 Å². The maximum Gasteiger partial charge on any atom is 0.119 e. The fraction of sp³-hybridized carbons (Fsp3) is 0.630. The van der Waals surface area contributed by atoms with Gasteiger partial charge in [-0.05, 0) is 99.8 Å². The molecule has 0 aromatic heterocycles. The number of ether oxygens (including phenoxy) is 1. The fourth-order valence-corrected chi connectivity index (χ4v) is 5.00. The van der Waals surface area contributed by atoms with Crippen molar-refractivity contribution in [3.05, 3.63) is 42.0 Å². The molecule has 1 aromatic carbocycles. The molecule has 1 aromatic rings. The topological polar surface area (TPSA) is 9.23 Å². The SMILES string of the molecule is CCCC1CCC(C=CC#CC2CCC(c3ccc(OCC)cc3)CC2)CC1. The summed E-state index contributed by atoms with van der Waals surface area (Å²) in [6, 6.07) is 8.73. The van der Waals surface area contributed by atoms with Crippen LogP contribution in [0, 0.1) is 29.6 Å². The second-order valence-corrected chi connectivity index (χ2v) is 8.77. The lowest BCUT2D eigenvalue weighted by atomic mass is 9.79. The average Bonchev–Trinajstić information content (AvgIpc) is 2.74. The second kappa shape index (κ2) is 11.4. The first-order valence-electron chi connectivity index (χ1n) is 11.7. The van der Waals surface area contributed by atoms with Crippen molar-refractivity contribution in [2.75, 3.05) is 6.61 Å². The van der Waals surface area contributed by atoms with Gasteiger partial charge >= 0.3 is 0 Å². The van der Waals surface area contributed by atoms with Crippen LogP contribution in [-0.4, -0.2) is 6.61 Å². The van der Waals surface area contributed by atoms with Crippen molar-refractivity contribution in [1.82, 2.24) is 0 Å². The van der Waals surface area contributed by atoms with E-state index >= 15 is 0 Å². The minimum atomic E-state index is 0.587. The van der Waals surface area contributed by atoms with Crippen molar-refractivity contribution in [1.29, 1.82) is 0 Å². The highest BCUT2D eigenvalue weighted by atomic mass is 16.5. The molecular weight excluding hydrogens is 340 g/mol. The molecule has 28 heavy (non-hydrogen) atoms. The van der Waals surface area contributed by atoms with E-state index in [1.807, 2.05) is 6.92 Å². The fourth-order valence-electron chi connectivity index (χ4n) is 5.00. The van der Waals surface area contributed by atoms with Crippen molar-refractivity contribution in [2.24, 2.45) is 17.8 Å². The molecule has 2 saturated carbocycles. The third kappa shape index (κ3) is 6.44. The highest BCUT2D eigenvalue weighted by Gasteiger charge is 2.21. The lowest BCUT2D eigenvalue weighted by molar-refractivity contribution is 0.294. The molecule has 0 spiro atoms. The first-order chi connectivity index (χ1) is 13.8. The Bertz CT molecular complexity index is 644. The molecule has 0 unspecified atom stereocenters. The van der Waals surface area contributed by atoms with E-state index in [1.54, 1.807) is 0 Å². The van der Waals surface area contributed by atoms with Gasteiger partial charge in [0.2, 0.25) is 0 Å². The van der Waals surface area contributed by atoms with Crippen LogP contribution in [0.4, 0.5) is 0 Å². The van der Waals surface area contributed by atoms with Crippen molar-refractivity contribution in [3.63, 3.8) is 0 Å². The molecule has 2 fully saturated rings. The molecule has 0 heterocycles. The zero-order valence-electron chi connectivity index (χ0n) is 18.0. The lowest BCUT2D eigenvalue weighted by Gasteiger charge is -2.26. The highest BCUT2D eigenvalue weighted by molar-refractivity contribution is 5.30. The Labute approximate surface area is 173 Å². The van der Waals surface area contributed by atoms with E-state index in [-0.39, 0.29) is 0 Å². The molecule has 1 nitrogen and oxygen atoms in total. The van der Waals surface area contributed by atoms with E-state index in [2.05, 4.69) is 55.2 Å². The lowest BCUT2D eigenvalue weighted by Crippen LogP contribution is -2.12. The van der Waals surface area contributed by atoms with E-state index in [4.69, 9.17) is 4.74 Å². The van der Waals surface area contributed by atoms with Crippen LogP contribution in [0.2, 0.25) is 0 Å². The summed E-state index contributed by atoms with van der Waals surface area (Å²) in [5.74, 6) is 10.9. The first kappa shape index (κ1) is 21.0. The highest BCUT2D eigenvalue weighted by Crippen LogP contribution is 2.36. The van der Waals surface area contributed by atoms with Gasteiger partial charge in [-0.1, -0.05) is 49.8 Å². The summed E-state index contributed by atoms with van der Waals surface area (Å²) < 4.78 is 5.56. The van der Waals surface area contributed by atoms with Crippen LogP contribution in [0.25, 0.3) is 0 Å². The number of rotatable bonds is 6. The standard InChI is InChI=1S/C27H38O/c1-3-7-22-10-12-23(13-11-22)8-5-6-9-24-14-16-25(17-15-24)26-18-20-27(21-19-26)28-4-2/h5,8,18-25H,3-4,7,10-17H2,1-2H3. The smallest absolute Gasteiger partial charge is 0.119 e. The Kier molecular flexibility index (Phi) is 8.53. The maximum absolute atomic E-state index is 5.56. The van der Waals surface area contributed by atoms with E-state index < -0.39 is 0 Å². The van der Waals surface area contributed by atoms with Crippen LogP contribution in [0.1, 0.15) is 89.5 Å². The predicted octanol–water partition coefficient (Wildman–Crippen LogP) is 7.53. The van der Waals surface area contributed by atoms with E-state index in [1.165, 1.54) is 69.8 Å². The number of allylic oxidation sites excluding steroid dienone is 2. The molecular formula is C27H38O. The average molecular weight is 379 g/mol. The summed E-state index contributed by atoms with van der Waals surface area (Å²) in [7, 11) is 0. The Morgan fingerprint density at radius 3 is 2.29 bits per heavy atom. The van der Waals surface area contributed by atoms with Gasteiger partial charge < -0.3 is 4.74 Å². The molecule has 1 heteroatoms. The summed E-state index contributed by atoms with van der Waals surface area (Å²) >= 11 is 0. The summed E-state index contributed by atoms with van der Waals surface area (Å²) in [6.45, 7) is 5.08. The summed E-state index contributed by atoms with van der Waals surface area (Å²) in [5.41, 5.74) is 1.47. The second-order valence-electron chi connectivity index (χ2n) is 8.77. The Morgan fingerprint density at radius 1 is 0.929 bits per heavy atom. The van der Waals surface area contributed by atoms with Crippen LogP contribution < -0.4 is 4.74 Å². The minimum absolute atomic E-state index is 0.587. The third-order valence-electron chi connectivity index (χ3n) is 6.72. The molecule has 0 aliphatic heterocycles. The Hall–Kier alpha value is -1.68. The Balaban J connectivity index is 1.39. The molecule has 0 amide bonds. The first-order valence-corrected chi connectivity index (χ1v) is 11.7. The molecule has 0 radical (unpaired) electrons. The van der Waals surface area contributed by atoms with Gasteiger partial charge in [-0.25, -0.2) is 0 Å². The minimum Gasteiger partial charge on any atom is -0.494 e. The maximum atomic E-state index is 5.56. The van der Waals surface area contributed by atoms with Gasteiger partial charge in [-0.15, -0.1) is 0 Å². The van der Waals surface area contributed by atoms with Crippen LogP contribution in [0.3, 0.4) is 0 Å². The van der Waals surface area contributed by atoms with Crippen LogP contribution in [0.15, 0.2) is 36.4 Å². The summed E-state index contributed by atoms with van der Waals surface area (Å²) in [6.07, 6.45) is 17.9. The predicted molar refractivity (Wildman–Crippen MR) is 120 cm³/mol. The zero-order valence-corrected chi connectivity index (χ0v) is 18.0. The van der Waals surface area contributed by atoms with Crippen molar-refractivity contribution in [3.8, 4) is 17.6 Å². The third-order valence-corrected chi connectivity index (χ3v) is 6.72. The van der Waals surface area contributed by atoms with Gasteiger partial charge in [-0.2, -0.15) is 0 Å². The van der Waals surface area contributed by atoms with Crippen LogP contribution in [0.5, 0.6) is 5.75 Å². The quantitative estimate of drug-likeness (QED) is 0.465. The van der Waals surface area contributed by atoms with E-state index in [9.17, 15) is 0 Å². The largest absolute Gasteiger partial charge is 0.494 e. The van der Waals surface area contributed by atoms with Gasteiger partial charge in [0, 0.05) is 5.92 Å². The monoisotopic (exact) mass is 378 g/mol. The molecule has 3 rings (SSSR count).